The molecule has 2 aromatic rings. The van der Waals surface area contributed by atoms with Gasteiger partial charge in [-0.25, -0.2) is 4.79 Å². The van der Waals surface area contributed by atoms with Crippen LogP contribution in [0.2, 0.25) is 0 Å². The van der Waals surface area contributed by atoms with Crippen molar-refractivity contribution in [1.29, 1.82) is 0 Å². The average molecular weight is 224 g/mol. The fourth-order valence-corrected chi connectivity index (χ4v) is 1.46. The highest BCUT2D eigenvalue weighted by atomic mass is 16.5. The normalized spacial score (nSPS) is 9.94. The summed E-state index contributed by atoms with van der Waals surface area (Å²) in [4.78, 5) is 11.8. The van der Waals surface area contributed by atoms with Gasteiger partial charge in [0.15, 0.2) is 0 Å². The molecule has 0 spiro atoms. The lowest BCUT2D eigenvalue weighted by molar-refractivity contribution is 0.0735. The standard InChI is InChI=1S/C14H13BO2/c1-10-2-8-13(9-3-10)17-14(16)11-4-6-12(15)7-5-11/h2-9H,15H2,1H3. The summed E-state index contributed by atoms with van der Waals surface area (Å²) in [5, 5.41) is 0. The first kappa shape index (κ1) is 11.5. The summed E-state index contributed by atoms with van der Waals surface area (Å²) >= 11 is 0. The van der Waals surface area contributed by atoms with E-state index < -0.39 is 0 Å². The Morgan fingerprint density at radius 3 is 2.18 bits per heavy atom. The minimum atomic E-state index is -0.325. The van der Waals surface area contributed by atoms with Gasteiger partial charge in [-0.1, -0.05) is 35.3 Å². The zero-order chi connectivity index (χ0) is 12.3. The zero-order valence-electron chi connectivity index (χ0n) is 9.94. The van der Waals surface area contributed by atoms with Crippen LogP contribution in [-0.2, 0) is 0 Å². The predicted octanol–water partition coefficient (Wildman–Crippen LogP) is 1.47. The van der Waals surface area contributed by atoms with Crippen LogP contribution >= 0.6 is 0 Å². The lowest BCUT2D eigenvalue weighted by Crippen LogP contribution is -2.10. The summed E-state index contributed by atoms with van der Waals surface area (Å²) in [6.45, 7) is 1.99. The summed E-state index contributed by atoms with van der Waals surface area (Å²) in [7, 11) is 1.98. The molecule has 0 saturated carbocycles. The number of ether oxygens (including phenoxy) is 1. The molecular weight excluding hydrogens is 211 g/mol. The number of rotatable bonds is 2. The molecule has 0 radical (unpaired) electrons. The van der Waals surface area contributed by atoms with Gasteiger partial charge < -0.3 is 4.74 Å². The molecule has 84 valence electrons. The van der Waals surface area contributed by atoms with E-state index in [0.29, 0.717) is 11.3 Å². The summed E-state index contributed by atoms with van der Waals surface area (Å²) < 4.78 is 5.26. The van der Waals surface area contributed by atoms with Crippen LogP contribution in [-0.4, -0.2) is 13.8 Å². The lowest BCUT2D eigenvalue weighted by atomic mass is 9.95. The molecule has 2 nitrogen and oxygen atoms in total. The number of carbonyl (C=O) groups excluding carboxylic acids is 1. The molecule has 2 rings (SSSR count). The van der Waals surface area contributed by atoms with Gasteiger partial charge in [-0.05, 0) is 31.2 Å². The molecule has 0 aliphatic carbocycles. The largest absolute Gasteiger partial charge is 0.423 e. The van der Waals surface area contributed by atoms with Gasteiger partial charge in [0.05, 0.1) is 5.56 Å². The molecule has 0 aromatic heterocycles. The summed E-state index contributed by atoms with van der Waals surface area (Å²) in [6.07, 6.45) is 0. The number of carbonyl (C=O) groups is 1. The van der Waals surface area contributed by atoms with Gasteiger partial charge >= 0.3 is 5.97 Å². The van der Waals surface area contributed by atoms with Gasteiger partial charge in [-0.2, -0.15) is 0 Å². The Hall–Kier alpha value is -2.03. The molecule has 0 amide bonds. The van der Waals surface area contributed by atoms with Crippen LogP contribution in [0.1, 0.15) is 15.9 Å². The number of benzene rings is 2. The van der Waals surface area contributed by atoms with Crippen LogP contribution in [0.5, 0.6) is 5.75 Å². The Labute approximate surface area is 102 Å². The van der Waals surface area contributed by atoms with E-state index in [4.69, 9.17) is 4.74 Å². The van der Waals surface area contributed by atoms with E-state index >= 15 is 0 Å². The smallest absolute Gasteiger partial charge is 0.343 e. The number of hydrogen-bond donors (Lipinski definition) is 0. The first-order valence-electron chi connectivity index (χ1n) is 5.51. The third kappa shape index (κ3) is 2.97. The highest BCUT2D eigenvalue weighted by Crippen LogP contribution is 2.13. The molecule has 0 unspecified atom stereocenters. The van der Waals surface area contributed by atoms with Crippen LogP contribution in [0.4, 0.5) is 0 Å². The van der Waals surface area contributed by atoms with Crippen molar-refractivity contribution in [3.05, 3.63) is 59.7 Å². The maximum Gasteiger partial charge on any atom is 0.343 e. The Kier molecular flexibility index (Phi) is 3.28. The molecule has 3 heteroatoms. The van der Waals surface area contributed by atoms with E-state index in [0.717, 1.165) is 11.0 Å². The van der Waals surface area contributed by atoms with E-state index in [1.54, 1.807) is 24.3 Å². The Bertz CT molecular complexity index is 515. The second kappa shape index (κ2) is 4.87. The molecule has 0 saturated heterocycles. The Morgan fingerprint density at radius 2 is 1.59 bits per heavy atom. The van der Waals surface area contributed by atoms with Gasteiger partial charge in [0.25, 0.3) is 0 Å². The molecule has 0 atom stereocenters. The second-order valence-corrected chi connectivity index (χ2v) is 4.07. The van der Waals surface area contributed by atoms with Crippen LogP contribution in [0, 0.1) is 6.92 Å². The monoisotopic (exact) mass is 224 g/mol. The van der Waals surface area contributed by atoms with Gasteiger partial charge in [-0.15, -0.1) is 0 Å². The van der Waals surface area contributed by atoms with Crippen LogP contribution in [0.25, 0.3) is 0 Å². The van der Waals surface area contributed by atoms with Crippen molar-refractivity contribution < 1.29 is 9.53 Å². The molecule has 0 aliphatic rings. The third-order valence-electron chi connectivity index (χ3n) is 2.52. The fourth-order valence-electron chi connectivity index (χ4n) is 1.46. The van der Waals surface area contributed by atoms with Crippen molar-refractivity contribution in [1.82, 2.24) is 0 Å². The van der Waals surface area contributed by atoms with E-state index in [-0.39, 0.29) is 5.97 Å². The SMILES string of the molecule is Bc1ccc(C(=O)Oc2ccc(C)cc2)cc1. The average Bonchev–Trinajstić information content (AvgIpc) is 2.33. The molecular formula is C14H13BO2. The van der Waals surface area contributed by atoms with Gasteiger partial charge in [0.1, 0.15) is 13.6 Å². The highest BCUT2D eigenvalue weighted by molar-refractivity contribution is 6.32. The lowest BCUT2D eigenvalue weighted by Gasteiger charge is -2.04. The van der Waals surface area contributed by atoms with Gasteiger partial charge in [-0.3, -0.25) is 0 Å². The van der Waals surface area contributed by atoms with E-state index in [9.17, 15) is 4.79 Å². The van der Waals surface area contributed by atoms with Crippen molar-refractivity contribution >= 4 is 19.3 Å². The number of hydrogen-bond acceptors (Lipinski definition) is 2. The van der Waals surface area contributed by atoms with Crippen molar-refractivity contribution in [2.75, 3.05) is 0 Å². The van der Waals surface area contributed by atoms with Crippen molar-refractivity contribution in [3.8, 4) is 5.75 Å². The van der Waals surface area contributed by atoms with E-state index in [1.807, 2.05) is 39.0 Å². The molecule has 0 heterocycles. The van der Waals surface area contributed by atoms with E-state index in [2.05, 4.69) is 0 Å². The quantitative estimate of drug-likeness (QED) is 0.438. The Balaban J connectivity index is 2.11. The second-order valence-electron chi connectivity index (χ2n) is 4.07. The van der Waals surface area contributed by atoms with Gasteiger partial charge in [0, 0.05) is 0 Å². The first-order chi connectivity index (χ1) is 8.15. The summed E-state index contributed by atoms with van der Waals surface area (Å²) in [5.41, 5.74) is 2.83. The fraction of sp³-hybridized carbons (Fsp3) is 0.0714. The van der Waals surface area contributed by atoms with Crippen molar-refractivity contribution in [2.45, 2.75) is 6.92 Å². The maximum atomic E-state index is 11.8. The zero-order valence-corrected chi connectivity index (χ0v) is 9.94. The maximum absolute atomic E-state index is 11.8. The summed E-state index contributed by atoms with van der Waals surface area (Å²) in [6, 6.07) is 14.7. The van der Waals surface area contributed by atoms with Crippen LogP contribution in [0.3, 0.4) is 0 Å². The minimum absolute atomic E-state index is 0.325. The van der Waals surface area contributed by atoms with Crippen LogP contribution in [0.15, 0.2) is 48.5 Å². The van der Waals surface area contributed by atoms with E-state index in [1.165, 1.54) is 0 Å². The van der Waals surface area contributed by atoms with Gasteiger partial charge in [0.2, 0.25) is 0 Å². The molecule has 17 heavy (non-hydrogen) atoms. The number of esters is 1. The topological polar surface area (TPSA) is 26.3 Å². The third-order valence-corrected chi connectivity index (χ3v) is 2.52. The van der Waals surface area contributed by atoms with Crippen LogP contribution < -0.4 is 10.2 Å². The summed E-state index contributed by atoms with van der Waals surface area (Å²) in [5.74, 6) is 0.245. The van der Waals surface area contributed by atoms with Crippen molar-refractivity contribution in [3.63, 3.8) is 0 Å². The molecule has 0 N–H and O–H groups in total. The first-order valence-corrected chi connectivity index (χ1v) is 5.51. The molecule has 0 bridgehead atoms. The molecule has 0 fully saturated rings. The van der Waals surface area contributed by atoms with Crippen molar-refractivity contribution in [2.24, 2.45) is 0 Å². The highest BCUT2D eigenvalue weighted by Gasteiger charge is 2.07. The molecule has 0 aliphatic heterocycles. The molecule has 2 aromatic carbocycles. The predicted molar refractivity (Wildman–Crippen MR) is 70.8 cm³/mol. The number of aryl methyl sites for hydroxylation is 1. The Morgan fingerprint density at radius 1 is 1.00 bits per heavy atom. The minimum Gasteiger partial charge on any atom is -0.423 e.